The van der Waals surface area contributed by atoms with E-state index in [1.165, 1.54) is 5.56 Å². The van der Waals surface area contributed by atoms with E-state index in [1.807, 2.05) is 38.4 Å². The minimum Gasteiger partial charge on any atom is -0.393 e. The third-order valence-electron chi connectivity index (χ3n) is 5.80. The number of rotatable bonds is 5. The lowest BCUT2D eigenvalue weighted by atomic mass is 9.88. The molecule has 1 unspecified atom stereocenters. The van der Waals surface area contributed by atoms with Crippen molar-refractivity contribution < 1.29 is 9.90 Å². The van der Waals surface area contributed by atoms with Crippen LogP contribution in [0.25, 0.3) is 11.1 Å². The molecule has 0 saturated heterocycles. The van der Waals surface area contributed by atoms with Crippen LogP contribution in [0.3, 0.4) is 0 Å². The van der Waals surface area contributed by atoms with Crippen molar-refractivity contribution in [1.29, 1.82) is 0 Å². The maximum Gasteiger partial charge on any atom is 0.319 e. The van der Waals surface area contributed by atoms with Crippen molar-refractivity contribution in [1.82, 2.24) is 5.32 Å². The van der Waals surface area contributed by atoms with E-state index in [0.29, 0.717) is 13.0 Å². The molecule has 1 aliphatic rings. The van der Waals surface area contributed by atoms with E-state index in [-0.39, 0.29) is 12.1 Å². The molecule has 0 aromatic heterocycles. The largest absolute Gasteiger partial charge is 0.393 e. The normalized spacial score (nSPS) is 15.1. The van der Waals surface area contributed by atoms with Gasteiger partial charge in [-0.1, -0.05) is 42.5 Å². The van der Waals surface area contributed by atoms with Gasteiger partial charge < -0.3 is 20.6 Å². The Hall–Kier alpha value is -3.31. The topological polar surface area (TPSA) is 64.6 Å². The lowest BCUT2D eigenvalue weighted by Crippen LogP contribution is -2.29. The second kappa shape index (κ2) is 9.23. The summed E-state index contributed by atoms with van der Waals surface area (Å²) in [5.74, 6) is 0. The Bertz CT molecular complexity index is 1060. The Labute approximate surface area is 183 Å². The quantitative estimate of drug-likeness (QED) is 0.571. The molecule has 31 heavy (non-hydrogen) atoms. The summed E-state index contributed by atoms with van der Waals surface area (Å²) >= 11 is 0. The zero-order valence-corrected chi connectivity index (χ0v) is 18.1. The lowest BCUT2D eigenvalue weighted by molar-refractivity contribution is 0.159. The van der Waals surface area contributed by atoms with E-state index >= 15 is 0 Å². The van der Waals surface area contributed by atoms with Crippen LogP contribution < -0.4 is 15.5 Å². The number of amides is 2. The van der Waals surface area contributed by atoms with Gasteiger partial charge in [-0.2, -0.15) is 0 Å². The summed E-state index contributed by atoms with van der Waals surface area (Å²) in [6, 6.07) is 22.3. The smallest absolute Gasteiger partial charge is 0.319 e. The number of urea groups is 1. The van der Waals surface area contributed by atoms with Crippen LogP contribution in [-0.4, -0.2) is 31.3 Å². The Morgan fingerprint density at radius 1 is 1.03 bits per heavy atom. The molecule has 0 radical (unpaired) electrons. The number of aliphatic hydroxyl groups is 1. The second-order valence-corrected chi connectivity index (χ2v) is 8.29. The summed E-state index contributed by atoms with van der Waals surface area (Å²) in [6.07, 6.45) is 1.86. The first-order chi connectivity index (χ1) is 15.0. The zero-order valence-electron chi connectivity index (χ0n) is 18.1. The van der Waals surface area contributed by atoms with Gasteiger partial charge in [0.1, 0.15) is 0 Å². The van der Waals surface area contributed by atoms with Crippen LogP contribution >= 0.6 is 0 Å². The number of aryl methyl sites for hydroxylation is 1. The summed E-state index contributed by atoms with van der Waals surface area (Å²) in [5, 5.41) is 15.9. The van der Waals surface area contributed by atoms with Gasteiger partial charge in [0.2, 0.25) is 0 Å². The number of aliphatic hydroxyl groups excluding tert-OH is 1. The molecule has 1 aliphatic carbocycles. The Morgan fingerprint density at radius 3 is 2.58 bits per heavy atom. The maximum absolute atomic E-state index is 12.5. The van der Waals surface area contributed by atoms with Gasteiger partial charge >= 0.3 is 6.03 Å². The molecule has 0 saturated carbocycles. The number of hydrogen-bond donors (Lipinski definition) is 3. The zero-order chi connectivity index (χ0) is 21.8. The maximum atomic E-state index is 12.5. The van der Waals surface area contributed by atoms with Gasteiger partial charge in [-0.3, -0.25) is 0 Å². The summed E-state index contributed by atoms with van der Waals surface area (Å²) in [7, 11) is 4.06. The van der Waals surface area contributed by atoms with Gasteiger partial charge in [0.25, 0.3) is 0 Å². The second-order valence-electron chi connectivity index (χ2n) is 8.29. The minimum atomic E-state index is -0.340. The van der Waals surface area contributed by atoms with Crippen molar-refractivity contribution in [2.75, 3.05) is 24.3 Å². The third-order valence-corrected chi connectivity index (χ3v) is 5.80. The van der Waals surface area contributed by atoms with Crippen LogP contribution in [0.2, 0.25) is 0 Å². The highest BCUT2D eigenvalue weighted by molar-refractivity contribution is 5.90. The van der Waals surface area contributed by atoms with Crippen molar-refractivity contribution in [2.24, 2.45) is 0 Å². The number of nitrogens with one attached hydrogen (secondary N) is 2. The number of anilines is 2. The first-order valence-corrected chi connectivity index (χ1v) is 10.7. The minimum absolute atomic E-state index is 0.241. The molecule has 0 spiro atoms. The van der Waals surface area contributed by atoms with E-state index in [9.17, 15) is 9.90 Å². The number of benzene rings is 3. The van der Waals surface area contributed by atoms with Crippen LogP contribution in [-0.2, 0) is 19.4 Å². The molecule has 2 amide bonds. The highest BCUT2D eigenvalue weighted by Gasteiger charge is 2.19. The fourth-order valence-electron chi connectivity index (χ4n) is 4.05. The van der Waals surface area contributed by atoms with E-state index in [2.05, 4.69) is 58.0 Å². The van der Waals surface area contributed by atoms with Crippen LogP contribution in [0, 0.1) is 0 Å². The van der Waals surface area contributed by atoms with E-state index in [1.54, 1.807) is 0 Å². The predicted molar refractivity (Wildman–Crippen MR) is 127 cm³/mol. The predicted octanol–water partition coefficient (Wildman–Crippen LogP) is 4.59. The van der Waals surface area contributed by atoms with Gasteiger partial charge in [-0.25, -0.2) is 4.79 Å². The molecular formula is C26H29N3O2. The Kier molecular flexibility index (Phi) is 6.23. The van der Waals surface area contributed by atoms with Gasteiger partial charge in [-0.05, 0) is 64.9 Å². The molecule has 0 aliphatic heterocycles. The van der Waals surface area contributed by atoms with E-state index < -0.39 is 0 Å². The fraction of sp³-hybridized carbons (Fsp3) is 0.269. The van der Waals surface area contributed by atoms with Crippen molar-refractivity contribution >= 4 is 17.4 Å². The standard InChI is InChI=1S/C26H29N3O2/c1-29(2)22-12-9-19(10-13-22)21-7-3-5-18(15-21)17-27-26(31)28-25-8-4-6-20-11-14-23(30)16-24(20)25/h3-10,12-13,15,23,30H,11,14,16-17H2,1-2H3,(H2,27,28,31). The molecule has 5 heteroatoms. The summed E-state index contributed by atoms with van der Waals surface area (Å²) in [4.78, 5) is 14.6. The number of nitrogens with zero attached hydrogens (tertiary/aromatic N) is 1. The van der Waals surface area contributed by atoms with Crippen molar-refractivity contribution in [2.45, 2.75) is 31.9 Å². The first kappa shape index (κ1) is 20.9. The molecular weight excluding hydrogens is 386 g/mol. The van der Waals surface area contributed by atoms with Crippen molar-refractivity contribution in [3.8, 4) is 11.1 Å². The monoisotopic (exact) mass is 415 g/mol. The van der Waals surface area contributed by atoms with Crippen LogP contribution in [0.1, 0.15) is 23.1 Å². The van der Waals surface area contributed by atoms with E-state index in [0.717, 1.165) is 46.5 Å². The molecule has 1 atom stereocenters. The van der Waals surface area contributed by atoms with Gasteiger partial charge in [0, 0.05) is 38.4 Å². The third kappa shape index (κ3) is 5.06. The molecule has 0 bridgehead atoms. The van der Waals surface area contributed by atoms with Gasteiger partial charge in [-0.15, -0.1) is 0 Å². The molecule has 3 N–H and O–H groups in total. The van der Waals surface area contributed by atoms with Crippen molar-refractivity contribution in [3.05, 3.63) is 83.4 Å². The number of carbonyl (C=O) groups is 1. The highest BCUT2D eigenvalue weighted by Crippen LogP contribution is 2.28. The average molecular weight is 416 g/mol. The summed E-state index contributed by atoms with van der Waals surface area (Å²) in [6.45, 7) is 0.438. The fourth-order valence-corrected chi connectivity index (χ4v) is 4.05. The first-order valence-electron chi connectivity index (χ1n) is 10.7. The van der Waals surface area contributed by atoms with E-state index in [4.69, 9.17) is 0 Å². The molecule has 0 heterocycles. The van der Waals surface area contributed by atoms with Gasteiger partial charge in [0.15, 0.2) is 0 Å². The summed E-state index contributed by atoms with van der Waals surface area (Å²) < 4.78 is 0. The average Bonchev–Trinajstić information content (AvgIpc) is 2.78. The SMILES string of the molecule is CN(C)c1ccc(-c2cccc(CNC(=O)Nc3cccc4c3CC(O)CC4)c2)cc1. The number of fused-ring (bicyclic) bond motifs is 1. The highest BCUT2D eigenvalue weighted by atomic mass is 16.3. The molecule has 5 nitrogen and oxygen atoms in total. The molecule has 0 fully saturated rings. The van der Waals surface area contributed by atoms with Gasteiger partial charge in [0.05, 0.1) is 6.10 Å². The molecule has 160 valence electrons. The van der Waals surface area contributed by atoms with Crippen molar-refractivity contribution in [3.63, 3.8) is 0 Å². The van der Waals surface area contributed by atoms with Crippen LogP contribution in [0.5, 0.6) is 0 Å². The lowest BCUT2D eigenvalue weighted by Gasteiger charge is -2.23. The number of hydrogen-bond acceptors (Lipinski definition) is 3. The molecule has 3 aromatic carbocycles. The van der Waals surface area contributed by atoms with Crippen LogP contribution in [0.4, 0.5) is 16.2 Å². The Morgan fingerprint density at radius 2 is 1.81 bits per heavy atom. The Balaban J connectivity index is 1.40. The molecule has 4 rings (SSSR count). The molecule has 3 aromatic rings. The number of carbonyl (C=O) groups excluding carboxylic acids is 1. The summed E-state index contributed by atoms with van der Waals surface area (Å²) in [5.41, 5.74) is 7.49. The van der Waals surface area contributed by atoms with Crippen LogP contribution in [0.15, 0.2) is 66.7 Å².